The normalized spacial score (nSPS) is 11.0. The van der Waals surface area contributed by atoms with Crippen molar-refractivity contribution in [3.05, 3.63) is 147 Å². The van der Waals surface area contributed by atoms with E-state index in [1.807, 2.05) is 92.0 Å². The fraction of sp³-hybridized carbons (Fsp3) is 0. The fourth-order valence-electron chi connectivity index (χ4n) is 5.01. The third-order valence-corrected chi connectivity index (χ3v) is 6.73. The highest BCUT2D eigenvalue weighted by Crippen LogP contribution is 2.29. The first kappa shape index (κ1) is 23.4. The van der Waals surface area contributed by atoms with Gasteiger partial charge in [0, 0.05) is 60.3 Å². The van der Waals surface area contributed by atoms with Crippen molar-refractivity contribution in [2.24, 2.45) is 0 Å². The average molecular weight is 521 g/mol. The number of rotatable bonds is 4. The molecule has 192 valence electrons. The van der Waals surface area contributed by atoms with E-state index < -0.39 is 0 Å². The Kier molecular flexibility index (Phi) is 5.95. The van der Waals surface area contributed by atoms with Gasteiger partial charge in [-0.2, -0.15) is 20.4 Å². The summed E-state index contributed by atoms with van der Waals surface area (Å²) in [5.74, 6) is 0. The molecule has 0 bridgehead atoms. The lowest BCUT2D eigenvalue weighted by Crippen LogP contribution is -2.01. The van der Waals surface area contributed by atoms with E-state index in [1.54, 1.807) is 24.8 Å². The van der Waals surface area contributed by atoms with Crippen molar-refractivity contribution in [1.29, 1.82) is 0 Å². The van der Waals surface area contributed by atoms with E-state index in [4.69, 9.17) is 0 Å². The van der Waals surface area contributed by atoms with Crippen LogP contribution in [0.2, 0.25) is 0 Å². The molecule has 4 aromatic heterocycles. The van der Waals surface area contributed by atoms with Gasteiger partial charge in [-0.25, -0.2) is 18.7 Å². The van der Waals surface area contributed by atoms with Crippen LogP contribution in [-0.2, 0) is 0 Å². The standard InChI is InChI=1S/2C16H12N4/c2*1-5-13-6-2-8-15(20-12-4-10-18-20)16(13)14(7-1)19-11-3-9-17-19/h2*1-12H. The number of fused-ring (bicyclic) bond motifs is 2. The molecule has 0 N–H and O–H groups in total. The van der Waals surface area contributed by atoms with Crippen LogP contribution in [0.5, 0.6) is 0 Å². The Morgan fingerprint density at radius 3 is 0.825 bits per heavy atom. The summed E-state index contributed by atoms with van der Waals surface area (Å²) in [7, 11) is 0. The minimum Gasteiger partial charge on any atom is -0.240 e. The Hall–Kier alpha value is -5.76. The molecule has 0 saturated heterocycles. The van der Waals surface area contributed by atoms with Crippen LogP contribution in [0.25, 0.3) is 44.3 Å². The third-order valence-electron chi connectivity index (χ3n) is 6.73. The SMILES string of the molecule is c1cc(-n2cccn2)c2c(-n3cccn3)cccc2c1.c1cc(-n2cccn2)c2c(-n3cccn3)cccc2c1. The second-order valence-electron chi connectivity index (χ2n) is 9.11. The first-order valence-electron chi connectivity index (χ1n) is 12.9. The van der Waals surface area contributed by atoms with Crippen LogP contribution in [0.3, 0.4) is 0 Å². The topological polar surface area (TPSA) is 71.3 Å². The first-order valence-corrected chi connectivity index (χ1v) is 12.9. The number of nitrogens with zero attached hydrogens (tertiary/aromatic N) is 8. The zero-order valence-electron chi connectivity index (χ0n) is 21.4. The lowest BCUT2D eigenvalue weighted by atomic mass is 10.1. The summed E-state index contributed by atoms with van der Waals surface area (Å²) < 4.78 is 7.54. The minimum absolute atomic E-state index is 1.05. The van der Waals surface area contributed by atoms with E-state index >= 15 is 0 Å². The second-order valence-corrected chi connectivity index (χ2v) is 9.11. The van der Waals surface area contributed by atoms with Crippen molar-refractivity contribution >= 4 is 21.5 Å². The Balaban J connectivity index is 0.000000132. The van der Waals surface area contributed by atoms with Crippen LogP contribution in [-0.4, -0.2) is 39.1 Å². The van der Waals surface area contributed by atoms with Gasteiger partial charge in [0.15, 0.2) is 0 Å². The number of aromatic nitrogens is 8. The maximum atomic E-state index is 4.35. The summed E-state index contributed by atoms with van der Waals surface area (Å²) in [6.07, 6.45) is 15.0. The number of benzene rings is 4. The molecule has 0 aliphatic carbocycles. The summed E-state index contributed by atoms with van der Waals surface area (Å²) in [4.78, 5) is 0. The summed E-state index contributed by atoms with van der Waals surface area (Å²) in [6.45, 7) is 0. The molecule has 0 unspecified atom stereocenters. The van der Waals surface area contributed by atoms with Crippen molar-refractivity contribution in [3.63, 3.8) is 0 Å². The molecule has 4 aromatic carbocycles. The fourth-order valence-corrected chi connectivity index (χ4v) is 5.01. The quantitative estimate of drug-likeness (QED) is 0.268. The Morgan fingerprint density at radius 2 is 0.600 bits per heavy atom. The molecule has 8 aromatic rings. The summed E-state index contributed by atoms with van der Waals surface area (Å²) in [6, 6.07) is 32.6. The van der Waals surface area contributed by atoms with Crippen molar-refractivity contribution in [1.82, 2.24) is 39.1 Å². The van der Waals surface area contributed by atoms with Gasteiger partial charge in [0.2, 0.25) is 0 Å². The maximum Gasteiger partial charge on any atom is 0.0745 e. The largest absolute Gasteiger partial charge is 0.240 e. The molecule has 0 aliphatic heterocycles. The van der Waals surface area contributed by atoms with Crippen molar-refractivity contribution < 1.29 is 0 Å². The predicted molar refractivity (Wildman–Crippen MR) is 156 cm³/mol. The third kappa shape index (κ3) is 4.23. The molecule has 0 radical (unpaired) electrons. The van der Waals surface area contributed by atoms with Gasteiger partial charge in [0.25, 0.3) is 0 Å². The molecule has 0 fully saturated rings. The van der Waals surface area contributed by atoms with Gasteiger partial charge in [-0.1, -0.05) is 48.5 Å². The maximum absolute atomic E-state index is 4.35. The molecule has 0 atom stereocenters. The van der Waals surface area contributed by atoms with Gasteiger partial charge in [-0.15, -0.1) is 0 Å². The van der Waals surface area contributed by atoms with Crippen molar-refractivity contribution in [2.75, 3.05) is 0 Å². The molecule has 0 aliphatic rings. The molecule has 0 spiro atoms. The Bertz CT molecular complexity index is 1700. The molecule has 8 nitrogen and oxygen atoms in total. The highest BCUT2D eigenvalue weighted by atomic mass is 15.3. The number of hydrogen-bond acceptors (Lipinski definition) is 4. The average Bonchev–Trinajstić information content (AvgIpc) is 3.85. The smallest absolute Gasteiger partial charge is 0.0745 e. The molecule has 4 heterocycles. The lowest BCUT2D eigenvalue weighted by Gasteiger charge is -2.11. The minimum atomic E-state index is 1.05. The second kappa shape index (κ2) is 10.2. The zero-order chi connectivity index (χ0) is 26.7. The van der Waals surface area contributed by atoms with E-state index in [9.17, 15) is 0 Å². The first-order chi connectivity index (χ1) is 19.9. The molecule has 0 amide bonds. The van der Waals surface area contributed by atoms with E-state index in [0.29, 0.717) is 0 Å². The van der Waals surface area contributed by atoms with Gasteiger partial charge in [-0.3, -0.25) is 0 Å². The Morgan fingerprint density at radius 1 is 0.325 bits per heavy atom. The van der Waals surface area contributed by atoms with Crippen molar-refractivity contribution in [3.8, 4) is 22.7 Å². The summed E-state index contributed by atoms with van der Waals surface area (Å²) >= 11 is 0. The van der Waals surface area contributed by atoms with E-state index in [2.05, 4.69) is 68.9 Å². The molecule has 0 saturated carbocycles. The monoisotopic (exact) mass is 520 g/mol. The van der Waals surface area contributed by atoms with Gasteiger partial charge in [0.05, 0.1) is 22.7 Å². The van der Waals surface area contributed by atoms with Crippen LogP contribution in [0.1, 0.15) is 0 Å². The van der Waals surface area contributed by atoms with E-state index in [0.717, 1.165) is 33.5 Å². The highest BCUT2D eigenvalue weighted by Gasteiger charge is 2.11. The molecule has 8 rings (SSSR count). The van der Waals surface area contributed by atoms with Crippen LogP contribution in [0, 0.1) is 0 Å². The van der Waals surface area contributed by atoms with Gasteiger partial charge < -0.3 is 0 Å². The van der Waals surface area contributed by atoms with E-state index in [-0.39, 0.29) is 0 Å². The lowest BCUT2D eigenvalue weighted by molar-refractivity contribution is 0.871. The van der Waals surface area contributed by atoms with Gasteiger partial charge >= 0.3 is 0 Å². The molecular formula is C32H24N8. The number of hydrogen-bond donors (Lipinski definition) is 0. The van der Waals surface area contributed by atoms with Crippen LogP contribution >= 0.6 is 0 Å². The summed E-state index contributed by atoms with van der Waals surface area (Å²) in [5.41, 5.74) is 4.22. The van der Waals surface area contributed by atoms with E-state index in [1.165, 1.54) is 10.8 Å². The Labute approximate surface area is 230 Å². The van der Waals surface area contributed by atoms with Gasteiger partial charge in [-0.05, 0) is 59.3 Å². The molecular weight excluding hydrogens is 496 g/mol. The summed E-state index contributed by atoms with van der Waals surface area (Å²) in [5, 5.41) is 22.0. The molecule has 8 heteroatoms. The molecule has 40 heavy (non-hydrogen) atoms. The van der Waals surface area contributed by atoms with Crippen LogP contribution in [0.4, 0.5) is 0 Å². The predicted octanol–water partition coefficient (Wildman–Crippen LogP) is 6.42. The van der Waals surface area contributed by atoms with Crippen LogP contribution in [0.15, 0.2) is 147 Å². The van der Waals surface area contributed by atoms with Crippen molar-refractivity contribution in [2.45, 2.75) is 0 Å². The van der Waals surface area contributed by atoms with Gasteiger partial charge in [0.1, 0.15) is 0 Å². The van der Waals surface area contributed by atoms with Crippen LogP contribution < -0.4 is 0 Å². The highest BCUT2D eigenvalue weighted by molar-refractivity contribution is 5.97. The zero-order valence-corrected chi connectivity index (χ0v) is 21.4.